The molecule has 0 radical (unpaired) electrons. The van der Waals surface area contributed by atoms with Crippen molar-refractivity contribution < 1.29 is 21.7 Å². The Labute approximate surface area is 83.7 Å². The molecule has 0 bridgehead atoms. The first-order valence-electron chi connectivity index (χ1n) is 3.76. The fourth-order valence-corrected chi connectivity index (χ4v) is 0.788. The lowest BCUT2D eigenvalue weighted by Crippen LogP contribution is -3.00. The van der Waals surface area contributed by atoms with Crippen molar-refractivity contribution in [2.75, 3.05) is 20.2 Å². The molecule has 1 aromatic carbocycles. The van der Waals surface area contributed by atoms with Gasteiger partial charge in [0.2, 0.25) is 0 Å². The zero-order chi connectivity index (χ0) is 7.94. The van der Waals surface area contributed by atoms with Gasteiger partial charge in [-0.2, -0.15) is 0 Å². The van der Waals surface area contributed by atoms with E-state index in [1.54, 1.807) is 0 Å². The molecule has 3 heteroatoms. The van der Waals surface area contributed by atoms with Gasteiger partial charge in [0.25, 0.3) is 0 Å². The minimum Gasteiger partial charge on any atom is -1.00 e. The molecule has 0 saturated carbocycles. The smallest absolute Gasteiger partial charge is 0.119 e. The number of ether oxygens (including phenoxy) is 1. The lowest BCUT2D eigenvalue weighted by molar-refractivity contribution is -0.00000277. The monoisotopic (exact) mass is 230 g/mol. The van der Waals surface area contributed by atoms with E-state index in [0.717, 1.165) is 18.9 Å². The zero-order valence-electron chi connectivity index (χ0n) is 7.09. The Kier molecular flexibility index (Phi) is 6.81. The molecule has 1 rings (SSSR count). The lowest BCUT2D eigenvalue weighted by Gasteiger charge is -2.03. The van der Waals surface area contributed by atoms with Crippen molar-refractivity contribution >= 4 is 0 Å². The molecule has 2 nitrogen and oxygen atoms in total. The van der Waals surface area contributed by atoms with Crippen LogP contribution in [0.25, 0.3) is 0 Å². The van der Waals surface area contributed by atoms with E-state index in [2.05, 4.69) is 5.32 Å². The Morgan fingerprint density at radius 1 is 1.25 bits per heavy atom. The van der Waals surface area contributed by atoms with Gasteiger partial charge in [-0.25, -0.2) is 0 Å². The molecule has 68 valence electrons. The van der Waals surface area contributed by atoms with Crippen molar-refractivity contribution in [3.05, 3.63) is 30.3 Å². The predicted molar refractivity (Wildman–Crippen MR) is 45.9 cm³/mol. The number of halogens is 1. The lowest BCUT2D eigenvalue weighted by atomic mass is 10.3. The topological polar surface area (TPSA) is 21.3 Å². The van der Waals surface area contributed by atoms with Gasteiger partial charge < -0.3 is 27.0 Å². The van der Waals surface area contributed by atoms with E-state index in [1.165, 1.54) is 0 Å². The number of hydrogen-bond donors (Lipinski definition) is 1. The molecule has 0 aliphatic rings. The third-order valence-electron chi connectivity index (χ3n) is 1.36. The second-order valence-electron chi connectivity index (χ2n) is 2.27. The van der Waals surface area contributed by atoms with E-state index in [0.29, 0.717) is 0 Å². The van der Waals surface area contributed by atoms with Crippen LogP contribution in [0, 0.1) is 0 Å². The van der Waals surface area contributed by atoms with Crippen LogP contribution >= 0.6 is 0 Å². The summed E-state index contributed by atoms with van der Waals surface area (Å²) in [5.41, 5.74) is 0. The average molecular weight is 231 g/mol. The quantitative estimate of drug-likeness (QED) is 0.623. The summed E-state index contributed by atoms with van der Waals surface area (Å²) in [5, 5.41) is 3.01. The van der Waals surface area contributed by atoms with Crippen LogP contribution in [0.15, 0.2) is 30.3 Å². The highest BCUT2D eigenvalue weighted by Crippen LogP contribution is 2.06. The Balaban J connectivity index is 0.00000121. The Hall–Kier alpha value is -0.540. The number of para-hydroxylation sites is 1. The van der Waals surface area contributed by atoms with Crippen molar-refractivity contribution in [1.82, 2.24) is 5.32 Å². The van der Waals surface area contributed by atoms with Crippen LogP contribution in [0.3, 0.4) is 0 Å². The number of benzene rings is 1. The molecule has 1 aromatic rings. The molecule has 0 aromatic heterocycles. The van der Waals surface area contributed by atoms with Crippen LogP contribution in [-0.4, -0.2) is 20.2 Å². The second kappa shape index (κ2) is 7.13. The Bertz CT molecular complexity index is 191. The number of nitrogens with one attached hydrogen (secondary N) is 1. The maximum Gasteiger partial charge on any atom is 0.119 e. The molecule has 1 N–H and O–H groups in total. The molecule has 0 unspecified atom stereocenters. The number of rotatable bonds is 4. The predicted octanol–water partition coefficient (Wildman–Crippen LogP) is -1.71. The molecule has 0 atom stereocenters. The molecular formula is C9H13BrNO-. The largest absolute Gasteiger partial charge is 1.00 e. The van der Waals surface area contributed by atoms with Gasteiger partial charge >= 0.3 is 0 Å². The van der Waals surface area contributed by atoms with Crippen molar-refractivity contribution in [2.45, 2.75) is 0 Å². The first-order chi connectivity index (χ1) is 5.43. The van der Waals surface area contributed by atoms with Gasteiger partial charge in [0.15, 0.2) is 0 Å². The summed E-state index contributed by atoms with van der Waals surface area (Å²) in [6.45, 7) is 1.61. The summed E-state index contributed by atoms with van der Waals surface area (Å²) in [4.78, 5) is 0. The summed E-state index contributed by atoms with van der Waals surface area (Å²) in [5.74, 6) is 0.933. The van der Waals surface area contributed by atoms with Crippen LogP contribution in [-0.2, 0) is 0 Å². The van der Waals surface area contributed by atoms with E-state index >= 15 is 0 Å². The van der Waals surface area contributed by atoms with Crippen LogP contribution in [0.5, 0.6) is 5.75 Å². The summed E-state index contributed by atoms with van der Waals surface area (Å²) in [7, 11) is 1.91. The van der Waals surface area contributed by atoms with E-state index in [4.69, 9.17) is 4.74 Å². The Morgan fingerprint density at radius 3 is 2.50 bits per heavy atom. The van der Waals surface area contributed by atoms with Gasteiger partial charge in [0.05, 0.1) is 0 Å². The Morgan fingerprint density at radius 2 is 1.92 bits per heavy atom. The van der Waals surface area contributed by atoms with Crippen molar-refractivity contribution in [3.8, 4) is 5.75 Å². The third-order valence-corrected chi connectivity index (χ3v) is 1.36. The fraction of sp³-hybridized carbons (Fsp3) is 0.333. The van der Waals surface area contributed by atoms with E-state index in [-0.39, 0.29) is 17.0 Å². The van der Waals surface area contributed by atoms with Gasteiger partial charge in [-0.1, -0.05) is 18.2 Å². The molecule has 0 aliphatic carbocycles. The van der Waals surface area contributed by atoms with Gasteiger partial charge in [-0.15, -0.1) is 0 Å². The van der Waals surface area contributed by atoms with Gasteiger partial charge in [-0.3, -0.25) is 0 Å². The summed E-state index contributed by atoms with van der Waals surface area (Å²) in [6.07, 6.45) is 0. The minimum absolute atomic E-state index is 0. The zero-order valence-corrected chi connectivity index (χ0v) is 8.67. The molecule has 12 heavy (non-hydrogen) atoms. The number of hydrogen-bond acceptors (Lipinski definition) is 2. The molecule has 0 aliphatic heterocycles. The average Bonchev–Trinajstić information content (AvgIpc) is 2.07. The van der Waals surface area contributed by atoms with E-state index < -0.39 is 0 Å². The maximum absolute atomic E-state index is 5.38. The van der Waals surface area contributed by atoms with Crippen molar-refractivity contribution in [2.24, 2.45) is 0 Å². The maximum atomic E-state index is 5.38. The van der Waals surface area contributed by atoms with E-state index in [1.807, 2.05) is 37.4 Å². The summed E-state index contributed by atoms with van der Waals surface area (Å²) >= 11 is 0. The van der Waals surface area contributed by atoms with Crippen LogP contribution in [0.1, 0.15) is 0 Å². The SMILES string of the molecule is CNCCOc1ccccc1.[Br-]. The van der Waals surface area contributed by atoms with Crippen LogP contribution in [0.4, 0.5) is 0 Å². The molecule has 0 saturated heterocycles. The molecule has 0 heterocycles. The second-order valence-corrected chi connectivity index (χ2v) is 2.27. The first kappa shape index (κ1) is 11.5. The highest BCUT2D eigenvalue weighted by molar-refractivity contribution is 5.20. The van der Waals surface area contributed by atoms with Crippen molar-refractivity contribution in [1.29, 1.82) is 0 Å². The summed E-state index contributed by atoms with van der Waals surface area (Å²) in [6, 6.07) is 9.82. The molecular weight excluding hydrogens is 218 g/mol. The number of likely N-dealkylation sites (N-methyl/N-ethyl adjacent to an activating group) is 1. The first-order valence-corrected chi connectivity index (χ1v) is 3.76. The minimum atomic E-state index is 0. The van der Waals surface area contributed by atoms with Crippen LogP contribution < -0.4 is 27.0 Å². The van der Waals surface area contributed by atoms with Crippen molar-refractivity contribution in [3.63, 3.8) is 0 Å². The standard InChI is InChI=1S/C9H13NO.BrH/c1-10-7-8-11-9-5-3-2-4-6-9;/h2-6,10H,7-8H2,1H3;1H/p-1. The molecule has 0 amide bonds. The highest BCUT2D eigenvalue weighted by Gasteiger charge is 1.87. The third kappa shape index (κ3) is 4.36. The highest BCUT2D eigenvalue weighted by atomic mass is 79.9. The van der Waals surface area contributed by atoms with Gasteiger partial charge in [0.1, 0.15) is 12.4 Å². The van der Waals surface area contributed by atoms with Gasteiger partial charge in [-0.05, 0) is 19.2 Å². The van der Waals surface area contributed by atoms with E-state index in [9.17, 15) is 0 Å². The summed E-state index contributed by atoms with van der Waals surface area (Å²) < 4.78 is 5.38. The normalized spacial score (nSPS) is 8.75. The molecule has 0 spiro atoms. The van der Waals surface area contributed by atoms with Crippen LogP contribution in [0.2, 0.25) is 0 Å². The fourth-order valence-electron chi connectivity index (χ4n) is 0.788. The molecule has 0 fully saturated rings. The van der Waals surface area contributed by atoms with Gasteiger partial charge in [0, 0.05) is 6.54 Å².